The zero-order chi connectivity index (χ0) is 14.6. The Morgan fingerprint density at radius 3 is 2.57 bits per heavy atom. The molecule has 0 radical (unpaired) electrons. The summed E-state index contributed by atoms with van der Waals surface area (Å²) in [6.45, 7) is 1.66. The van der Waals surface area contributed by atoms with Gasteiger partial charge in [0.1, 0.15) is 11.7 Å². The van der Waals surface area contributed by atoms with Crippen molar-refractivity contribution in [2.75, 3.05) is 0 Å². The fraction of sp³-hybridized carbons (Fsp3) is 0.158. The van der Waals surface area contributed by atoms with Crippen molar-refractivity contribution in [3.63, 3.8) is 0 Å². The molecule has 3 aromatic rings. The van der Waals surface area contributed by atoms with Crippen LogP contribution in [0.25, 0.3) is 27.6 Å². The lowest BCUT2D eigenvalue weighted by Gasteiger charge is -2.32. The van der Waals surface area contributed by atoms with Crippen molar-refractivity contribution < 1.29 is 10.2 Å². The quantitative estimate of drug-likeness (QED) is 0.616. The van der Waals surface area contributed by atoms with Gasteiger partial charge in [-0.05, 0) is 51.7 Å². The number of rotatable bonds is 0. The van der Waals surface area contributed by atoms with Crippen LogP contribution in [0.3, 0.4) is 0 Å². The molecule has 0 spiro atoms. The van der Waals surface area contributed by atoms with Gasteiger partial charge in [-0.1, -0.05) is 48.6 Å². The van der Waals surface area contributed by atoms with Crippen molar-refractivity contribution >= 4 is 27.6 Å². The Morgan fingerprint density at radius 1 is 0.952 bits per heavy atom. The molecule has 3 aromatic carbocycles. The molecular formula is C19H16O2. The molecular weight excluding hydrogens is 260 g/mol. The second-order valence-electron chi connectivity index (χ2n) is 5.90. The highest BCUT2D eigenvalue weighted by Crippen LogP contribution is 2.37. The van der Waals surface area contributed by atoms with Gasteiger partial charge in [0.25, 0.3) is 0 Å². The van der Waals surface area contributed by atoms with Crippen LogP contribution in [0.15, 0.2) is 54.6 Å². The predicted octanol–water partition coefficient (Wildman–Crippen LogP) is 3.59. The van der Waals surface area contributed by atoms with Crippen LogP contribution < -0.4 is 0 Å². The second-order valence-corrected chi connectivity index (χ2v) is 5.90. The number of hydrogen-bond donors (Lipinski definition) is 2. The van der Waals surface area contributed by atoms with Gasteiger partial charge in [-0.15, -0.1) is 0 Å². The Labute approximate surface area is 123 Å². The maximum atomic E-state index is 10.6. The van der Waals surface area contributed by atoms with Gasteiger partial charge in [-0.25, -0.2) is 0 Å². The Hall–Kier alpha value is -2.16. The van der Waals surface area contributed by atoms with Gasteiger partial charge in [-0.2, -0.15) is 0 Å². The zero-order valence-electron chi connectivity index (χ0n) is 11.7. The summed E-state index contributed by atoms with van der Waals surface area (Å²) < 4.78 is 0. The van der Waals surface area contributed by atoms with E-state index in [9.17, 15) is 10.2 Å². The van der Waals surface area contributed by atoms with Crippen molar-refractivity contribution in [1.29, 1.82) is 0 Å². The molecule has 104 valence electrons. The molecule has 1 aliphatic rings. The third kappa shape index (κ3) is 1.73. The largest absolute Gasteiger partial charge is 0.386 e. The number of aliphatic hydroxyl groups excluding tert-OH is 1. The van der Waals surface area contributed by atoms with Crippen LogP contribution in [0, 0.1) is 0 Å². The van der Waals surface area contributed by atoms with Gasteiger partial charge in [-0.3, -0.25) is 0 Å². The molecule has 0 unspecified atom stereocenters. The maximum absolute atomic E-state index is 10.6. The van der Waals surface area contributed by atoms with E-state index in [0.29, 0.717) is 0 Å². The van der Waals surface area contributed by atoms with Gasteiger partial charge in [0.15, 0.2) is 0 Å². The third-order valence-corrected chi connectivity index (χ3v) is 4.49. The first-order chi connectivity index (χ1) is 10.1. The molecule has 4 rings (SSSR count). The summed E-state index contributed by atoms with van der Waals surface area (Å²) in [6, 6.07) is 16.5. The maximum Gasteiger partial charge on any atom is 0.117 e. The average Bonchev–Trinajstić information content (AvgIpc) is 2.50. The molecule has 21 heavy (non-hydrogen) atoms. The highest BCUT2D eigenvalue weighted by molar-refractivity contribution is 6.08. The normalized spacial score (nSPS) is 24.4. The van der Waals surface area contributed by atoms with Crippen molar-refractivity contribution in [2.45, 2.75) is 18.6 Å². The van der Waals surface area contributed by atoms with E-state index >= 15 is 0 Å². The summed E-state index contributed by atoms with van der Waals surface area (Å²) in [5.41, 5.74) is 0.499. The fourth-order valence-electron chi connectivity index (χ4n) is 3.19. The van der Waals surface area contributed by atoms with Crippen molar-refractivity contribution in [3.05, 3.63) is 65.7 Å². The van der Waals surface area contributed by atoms with Crippen molar-refractivity contribution in [2.24, 2.45) is 0 Å². The van der Waals surface area contributed by atoms with E-state index in [1.807, 2.05) is 24.3 Å². The number of fused-ring (bicyclic) bond motifs is 4. The van der Waals surface area contributed by atoms with Crippen LogP contribution in [0.2, 0.25) is 0 Å². The monoisotopic (exact) mass is 276 g/mol. The minimum absolute atomic E-state index is 0.778. The molecule has 0 saturated heterocycles. The molecule has 0 aliphatic heterocycles. The van der Waals surface area contributed by atoms with Crippen molar-refractivity contribution in [1.82, 2.24) is 0 Å². The lowest BCUT2D eigenvalue weighted by molar-refractivity contribution is -0.0435. The van der Waals surface area contributed by atoms with E-state index in [1.165, 1.54) is 16.2 Å². The molecule has 0 heterocycles. The van der Waals surface area contributed by atoms with Crippen LogP contribution in [-0.4, -0.2) is 16.3 Å². The van der Waals surface area contributed by atoms with Crippen molar-refractivity contribution in [3.8, 4) is 0 Å². The van der Waals surface area contributed by atoms with E-state index in [0.717, 1.165) is 16.5 Å². The number of aliphatic hydroxyl groups is 2. The lowest BCUT2D eigenvalue weighted by Crippen LogP contribution is -2.37. The highest BCUT2D eigenvalue weighted by Gasteiger charge is 2.35. The third-order valence-electron chi connectivity index (χ3n) is 4.49. The summed E-state index contributed by atoms with van der Waals surface area (Å²) in [5, 5.41) is 25.2. The Kier molecular flexibility index (Phi) is 2.49. The molecule has 0 amide bonds. The Morgan fingerprint density at radius 2 is 1.71 bits per heavy atom. The Balaban J connectivity index is 2.11. The molecule has 1 aliphatic carbocycles. The molecule has 0 bridgehead atoms. The van der Waals surface area contributed by atoms with Gasteiger partial charge in [0.05, 0.1) is 0 Å². The zero-order valence-corrected chi connectivity index (χ0v) is 11.7. The highest BCUT2D eigenvalue weighted by atomic mass is 16.3. The molecule has 2 nitrogen and oxygen atoms in total. The molecule has 2 atom stereocenters. The first-order valence-electron chi connectivity index (χ1n) is 7.12. The molecule has 0 saturated carbocycles. The standard InChI is InChI=1S/C19H16O2/c1-19(21)17-11-13-7-6-12-4-2-3-5-15(12)16(13)10-14(17)8-9-18(19)20/h2-11,18,20-21H,1H3/t18-,19-/m0/s1. The van der Waals surface area contributed by atoms with Gasteiger partial charge in [0.2, 0.25) is 0 Å². The van der Waals surface area contributed by atoms with Gasteiger partial charge >= 0.3 is 0 Å². The second kappa shape index (κ2) is 4.17. The number of benzene rings is 3. The van der Waals surface area contributed by atoms with E-state index in [-0.39, 0.29) is 0 Å². The fourth-order valence-corrected chi connectivity index (χ4v) is 3.19. The summed E-state index contributed by atoms with van der Waals surface area (Å²) in [4.78, 5) is 0. The van der Waals surface area contributed by atoms with Gasteiger partial charge < -0.3 is 10.2 Å². The summed E-state index contributed by atoms with van der Waals surface area (Å²) >= 11 is 0. The summed E-state index contributed by atoms with van der Waals surface area (Å²) in [7, 11) is 0. The lowest BCUT2D eigenvalue weighted by atomic mass is 9.81. The molecule has 2 heteroatoms. The van der Waals surface area contributed by atoms with Crippen LogP contribution >= 0.6 is 0 Å². The summed E-state index contributed by atoms with van der Waals surface area (Å²) in [5.74, 6) is 0. The Bertz CT molecular complexity index is 891. The predicted molar refractivity (Wildman–Crippen MR) is 86.1 cm³/mol. The number of hydrogen-bond acceptors (Lipinski definition) is 2. The first-order valence-corrected chi connectivity index (χ1v) is 7.12. The molecule has 0 fully saturated rings. The van der Waals surface area contributed by atoms with E-state index in [1.54, 1.807) is 13.0 Å². The summed E-state index contributed by atoms with van der Waals surface area (Å²) in [6.07, 6.45) is 2.67. The van der Waals surface area contributed by atoms with E-state index < -0.39 is 11.7 Å². The molecule has 2 N–H and O–H groups in total. The average molecular weight is 276 g/mol. The van der Waals surface area contributed by atoms with Crippen LogP contribution in [-0.2, 0) is 5.60 Å². The van der Waals surface area contributed by atoms with Crippen LogP contribution in [0.5, 0.6) is 0 Å². The minimum atomic E-state index is -1.25. The smallest absolute Gasteiger partial charge is 0.117 e. The SMILES string of the molecule is C[C@]1(O)c2cc3ccc4ccccc4c3cc2C=C[C@@H]1O. The van der Waals surface area contributed by atoms with Gasteiger partial charge in [0, 0.05) is 0 Å². The topological polar surface area (TPSA) is 40.5 Å². The first kappa shape index (κ1) is 12.6. The molecule has 0 aromatic heterocycles. The van der Waals surface area contributed by atoms with Crippen LogP contribution in [0.1, 0.15) is 18.1 Å². The van der Waals surface area contributed by atoms with E-state index in [2.05, 4.69) is 30.3 Å². The van der Waals surface area contributed by atoms with Crippen LogP contribution in [0.4, 0.5) is 0 Å². The minimum Gasteiger partial charge on any atom is -0.386 e. The van der Waals surface area contributed by atoms with E-state index in [4.69, 9.17) is 0 Å².